The molecule has 2 N–H and O–H groups in total. The Morgan fingerprint density at radius 2 is 2.25 bits per heavy atom. The molecule has 0 heterocycles. The molecule has 1 atom stereocenters. The van der Waals surface area contributed by atoms with E-state index in [4.69, 9.17) is 22.1 Å². The monoisotopic (exact) mass is 313 g/mol. The quantitative estimate of drug-likeness (QED) is 0.641. The molecule has 0 spiro atoms. The third-order valence-electron chi connectivity index (χ3n) is 3.72. The Hall–Kier alpha value is -0.710. The van der Waals surface area contributed by atoms with Crippen molar-refractivity contribution in [1.29, 1.82) is 0 Å². The third kappa shape index (κ3) is 3.90. The SMILES string of the molecule is COC(=O)CC1(CSc2ccc([C@@H](C)N)cc2Cl)CC1. The summed E-state index contributed by atoms with van der Waals surface area (Å²) in [6.45, 7) is 1.94. The summed E-state index contributed by atoms with van der Waals surface area (Å²) in [6.07, 6.45) is 2.68. The Bertz CT molecular complexity index is 501. The molecule has 2 rings (SSSR count). The molecule has 5 heteroatoms. The maximum atomic E-state index is 11.4. The maximum Gasteiger partial charge on any atom is 0.306 e. The lowest BCUT2D eigenvalue weighted by Gasteiger charge is -2.14. The van der Waals surface area contributed by atoms with Gasteiger partial charge in [0.05, 0.1) is 18.6 Å². The highest BCUT2D eigenvalue weighted by atomic mass is 35.5. The van der Waals surface area contributed by atoms with Crippen molar-refractivity contribution >= 4 is 29.3 Å². The fourth-order valence-electron chi connectivity index (χ4n) is 2.08. The summed E-state index contributed by atoms with van der Waals surface area (Å²) in [6, 6.07) is 5.94. The predicted molar refractivity (Wildman–Crippen MR) is 83.1 cm³/mol. The summed E-state index contributed by atoms with van der Waals surface area (Å²) >= 11 is 8.00. The van der Waals surface area contributed by atoms with Gasteiger partial charge in [0.25, 0.3) is 0 Å². The Balaban J connectivity index is 1.96. The first-order valence-corrected chi connectivity index (χ1v) is 8.07. The molecule has 0 unspecified atom stereocenters. The molecule has 0 bridgehead atoms. The Morgan fingerprint density at radius 1 is 1.55 bits per heavy atom. The normalized spacial score (nSPS) is 17.6. The maximum absolute atomic E-state index is 11.4. The number of benzene rings is 1. The molecule has 1 fully saturated rings. The summed E-state index contributed by atoms with van der Waals surface area (Å²) in [5.74, 6) is 0.779. The lowest BCUT2D eigenvalue weighted by Crippen LogP contribution is -2.13. The van der Waals surface area contributed by atoms with Crippen molar-refractivity contribution in [2.75, 3.05) is 12.9 Å². The van der Waals surface area contributed by atoms with Crippen LogP contribution in [0.3, 0.4) is 0 Å². The van der Waals surface area contributed by atoms with E-state index in [-0.39, 0.29) is 17.4 Å². The molecule has 20 heavy (non-hydrogen) atoms. The lowest BCUT2D eigenvalue weighted by atomic mass is 10.1. The molecule has 3 nitrogen and oxygen atoms in total. The van der Waals surface area contributed by atoms with Crippen molar-refractivity contribution in [3.05, 3.63) is 28.8 Å². The van der Waals surface area contributed by atoms with Crippen molar-refractivity contribution in [2.45, 2.75) is 37.1 Å². The second-order valence-electron chi connectivity index (χ2n) is 5.52. The van der Waals surface area contributed by atoms with Crippen LogP contribution in [-0.2, 0) is 9.53 Å². The summed E-state index contributed by atoms with van der Waals surface area (Å²) < 4.78 is 4.76. The van der Waals surface area contributed by atoms with Gasteiger partial charge in [0.2, 0.25) is 0 Å². The molecule has 110 valence electrons. The first kappa shape index (κ1) is 15.7. The number of hydrogen-bond acceptors (Lipinski definition) is 4. The van der Waals surface area contributed by atoms with E-state index < -0.39 is 0 Å². The number of ether oxygens (including phenoxy) is 1. The van der Waals surface area contributed by atoms with Gasteiger partial charge in [-0.1, -0.05) is 17.7 Å². The van der Waals surface area contributed by atoms with Crippen LogP contribution in [0, 0.1) is 5.41 Å². The van der Waals surface area contributed by atoms with Crippen LogP contribution in [0.5, 0.6) is 0 Å². The number of carbonyl (C=O) groups excluding carboxylic acids is 1. The van der Waals surface area contributed by atoms with Crippen molar-refractivity contribution < 1.29 is 9.53 Å². The summed E-state index contributed by atoms with van der Waals surface area (Å²) in [5.41, 5.74) is 6.99. The molecule has 0 amide bonds. The number of methoxy groups -OCH3 is 1. The van der Waals surface area contributed by atoms with Gasteiger partial charge in [-0.15, -0.1) is 11.8 Å². The van der Waals surface area contributed by atoms with Gasteiger partial charge in [-0.05, 0) is 42.9 Å². The number of carbonyl (C=O) groups is 1. The van der Waals surface area contributed by atoms with Crippen LogP contribution in [0.2, 0.25) is 5.02 Å². The Morgan fingerprint density at radius 3 is 2.75 bits per heavy atom. The van der Waals surface area contributed by atoms with Crippen molar-refractivity contribution in [3.8, 4) is 0 Å². The van der Waals surface area contributed by atoms with E-state index in [1.807, 2.05) is 25.1 Å². The minimum atomic E-state index is -0.124. The fraction of sp³-hybridized carbons (Fsp3) is 0.533. The van der Waals surface area contributed by atoms with E-state index in [0.29, 0.717) is 6.42 Å². The smallest absolute Gasteiger partial charge is 0.306 e. The van der Waals surface area contributed by atoms with Crippen LogP contribution in [0.25, 0.3) is 0 Å². The van der Waals surface area contributed by atoms with E-state index in [1.165, 1.54) is 7.11 Å². The molecule has 0 saturated heterocycles. The largest absolute Gasteiger partial charge is 0.469 e. The fourth-order valence-corrected chi connectivity index (χ4v) is 3.64. The summed E-state index contributed by atoms with van der Waals surface area (Å²) in [7, 11) is 1.44. The molecule has 0 aliphatic heterocycles. The number of thioether (sulfide) groups is 1. The first-order chi connectivity index (χ1) is 9.46. The van der Waals surface area contributed by atoms with E-state index in [1.54, 1.807) is 11.8 Å². The zero-order valence-corrected chi connectivity index (χ0v) is 13.4. The van der Waals surface area contributed by atoms with Crippen LogP contribution >= 0.6 is 23.4 Å². The van der Waals surface area contributed by atoms with Gasteiger partial charge in [-0.2, -0.15) is 0 Å². The molecule has 0 radical (unpaired) electrons. The van der Waals surface area contributed by atoms with E-state index in [0.717, 1.165) is 34.1 Å². The topological polar surface area (TPSA) is 52.3 Å². The highest BCUT2D eigenvalue weighted by Gasteiger charge is 2.44. The molecule has 0 aromatic heterocycles. The number of halogens is 1. The zero-order chi connectivity index (χ0) is 14.8. The third-order valence-corrected chi connectivity index (χ3v) is 5.57. The standard InChI is InChI=1S/C15H20ClNO2S/c1-10(17)11-3-4-13(12(16)7-11)20-9-15(5-6-15)8-14(18)19-2/h3-4,7,10H,5-6,8-9,17H2,1-2H3/t10-/m1/s1. The van der Waals surface area contributed by atoms with E-state index >= 15 is 0 Å². The lowest BCUT2D eigenvalue weighted by molar-refractivity contribution is -0.141. The molecule has 1 saturated carbocycles. The highest BCUT2D eigenvalue weighted by Crippen LogP contribution is 2.52. The van der Waals surface area contributed by atoms with Crippen LogP contribution in [-0.4, -0.2) is 18.8 Å². The number of hydrogen-bond donors (Lipinski definition) is 1. The van der Waals surface area contributed by atoms with Gasteiger partial charge >= 0.3 is 5.97 Å². The van der Waals surface area contributed by atoms with Crippen molar-refractivity contribution in [1.82, 2.24) is 0 Å². The minimum absolute atomic E-state index is 0.0133. The second-order valence-corrected chi connectivity index (χ2v) is 6.94. The molecule has 1 aliphatic carbocycles. The van der Waals surface area contributed by atoms with Gasteiger partial charge in [-0.3, -0.25) is 4.79 Å². The number of nitrogens with two attached hydrogens (primary N) is 1. The van der Waals surface area contributed by atoms with Crippen LogP contribution in [0.4, 0.5) is 0 Å². The predicted octanol–water partition coefficient (Wildman–Crippen LogP) is 3.80. The summed E-state index contributed by atoms with van der Waals surface area (Å²) in [5, 5.41) is 0.735. The molecule has 1 aromatic rings. The average Bonchev–Trinajstić information content (AvgIpc) is 3.17. The van der Waals surface area contributed by atoms with Gasteiger partial charge < -0.3 is 10.5 Å². The minimum Gasteiger partial charge on any atom is -0.469 e. The average molecular weight is 314 g/mol. The molecular formula is C15H20ClNO2S. The zero-order valence-electron chi connectivity index (χ0n) is 11.8. The Labute approximate surface area is 129 Å². The van der Waals surface area contributed by atoms with Crippen molar-refractivity contribution in [2.24, 2.45) is 11.1 Å². The number of esters is 1. The number of rotatable bonds is 6. The van der Waals surface area contributed by atoms with Gasteiger partial charge in [0.1, 0.15) is 0 Å². The van der Waals surface area contributed by atoms with Crippen LogP contribution in [0.15, 0.2) is 23.1 Å². The molecule has 1 aliphatic rings. The van der Waals surface area contributed by atoms with Gasteiger partial charge in [0.15, 0.2) is 0 Å². The van der Waals surface area contributed by atoms with Gasteiger partial charge in [0, 0.05) is 16.7 Å². The second kappa shape index (κ2) is 6.37. The summed E-state index contributed by atoms with van der Waals surface area (Å²) in [4.78, 5) is 12.4. The molecular weight excluding hydrogens is 294 g/mol. The Kier molecular flexibility index (Phi) is 4.99. The highest BCUT2D eigenvalue weighted by molar-refractivity contribution is 7.99. The van der Waals surface area contributed by atoms with Crippen LogP contribution < -0.4 is 5.73 Å². The first-order valence-electron chi connectivity index (χ1n) is 6.70. The van der Waals surface area contributed by atoms with Crippen molar-refractivity contribution in [3.63, 3.8) is 0 Å². The van der Waals surface area contributed by atoms with Crippen LogP contribution in [0.1, 0.15) is 37.8 Å². The van der Waals surface area contributed by atoms with E-state index in [2.05, 4.69) is 0 Å². The molecule has 1 aromatic carbocycles. The van der Waals surface area contributed by atoms with Gasteiger partial charge in [-0.25, -0.2) is 0 Å². The van der Waals surface area contributed by atoms with E-state index in [9.17, 15) is 4.79 Å².